The fraction of sp³-hybridized carbons (Fsp3) is 0.421. The molecule has 0 atom stereocenters. The lowest BCUT2D eigenvalue weighted by Crippen LogP contribution is -2.45. The van der Waals surface area contributed by atoms with Gasteiger partial charge in [-0.25, -0.2) is 9.97 Å². The summed E-state index contributed by atoms with van der Waals surface area (Å²) in [6.07, 6.45) is -4.78. The van der Waals surface area contributed by atoms with E-state index in [4.69, 9.17) is 0 Å². The number of nitrogens with one attached hydrogen (secondary N) is 1. The molecule has 0 spiro atoms. The Hall–Kier alpha value is -2.88. The van der Waals surface area contributed by atoms with Crippen molar-refractivity contribution >= 4 is 17.5 Å². The van der Waals surface area contributed by atoms with Gasteiger partial charge in [0.05, 0.1) is 17.1 Å². The first-order chi connectivity index (χ1) is 13.6. The van der Waals surface area contributed by atoms with Crippen LogP contribution < -0.4 is 15.0 Å². The van der Waals surface area contributed by atoms with Crippen LogP contribution in [0.15, 0.2) is 24.3 Å². The molecule has 156 valence electrons. The van der Waals surface area contributed by atoms with Gasteiger partial charge in [-0.1, -0.05) is 0 Å². The Labute approximate surface area is 166 Å². The van der Waals surface area contributed by atoms with Gasteiger partial charge >= 0.3 is 6.36 Å². The zero-order valence-electron chi connectivity index (χ0n) is 16.4. The maximum atomic E-state index is 12.5. The standard InChI is InChI=1S/C19H22F3N5O2/c1-12-16(13(2)24-18(23-12)27-10-8-26(3)9-11-27)25-17(28)14-4-6-15(7-5-14)29-19(20,21)22/h4-7H,8-11H2,1-3H3,(H,25,28). The summed E-state index contributed by atoms with van der Waals surface area (Å²) in [5.41, 5.74) is 1.93. The van der Waals surface area contributed by atoms with Crippen LogP contribution >= 0.6 is 0 Å². The van der Waals surface area contributed by atoms with Gasteiger partial charge in [0, 0.05) is 31.7 Å². The van der Waals surface area contributed by atoms with Gasteiger partial charge in [-0.05, 0) is 45.2 Å². The van der Waals surface area contributed by atoms with E-state index in [-0.39, 0.29) is 11.3 Å². The molecule has 1 saturated heterocycles. The summed E-state index contributed by atoms with van der Waals surface area (Å²) in [5.74, 6) is -0.230. The summed E-state index contributed by atoms with van der Waals surface area (Å²) >= 11 is 0. The van der Waals surface area contributed by atoms with Gasteiger partial charge in [-0.3, -0.25) is 4.79 Å². The second-order valence-corrected chi connectivity index (χ2v) is 6.89. The van der Waals surface area contributed by atoms with Gasteiger partial charge in [0.15, 0.2) is 0 Å². The molecule has 1 aromatic heterocycles. The fourth-order valence-corrected chi connectivity index (χ4v) is 3.02. The average Bonchev–Trinajstić information content (AvgIpc) is 2.64. The van der Waals surface area contributed by atoms with Crippen LogP contribution in [0.3, 0.4) is 0 Å². The molecule has 1 aliphatic heterocycles. The third kappa shape index (κ3) is 5.35. The van der Waals surface area contributed by atoms with E-state index in [1.165, 1.54) is 12.1 Å². The third-order valence-electron chi connectivity index (χ3n) is 4.63. The van der Waals surface area contributed by atoms with E-state index < -0.39 is 12.3 Å². The highest BCUT2D eigenvalue weighted by Gasteiger charge is 2.31. The molecule has 29 heavy (non-hydrogen) atoms. The number of ether oxygens (including phenoxy) is 1. The quantitative estimate of drug-likeness (QED) is 0.837. The lowest BCUT2D eigenvalue weighted by molar-refractivity contribution is -0.274. The molecular formula is C19H22F3N5O2. The number of carbonyl (C=O) groups is 1. The molecule has 0 aliphatic carbocycles. The molecule has 0 bridgehead atoms. The fourth-order valence-electron chi connectivity index (χ4n) is 3.02. The summed E-state index contributed by atoms with van der Waals surface area (Å²) in [6.45, 7) is 7.07. The number of amides is 1. The average molecular weight is 409 g/mol. The monoisotopic (exact) mass is 409 g/mol. The van der Waals surface area contributed by atoms with Crippen molar-refractivity contribution in [3.8, 4) is 5.75 Å². The molecule has 0 radical (unpaired) electrons. The first-order valence-electron chi connectivity index (χ1n) is 9.08. The van der Waals surface area contributed by atoms with Gasteiger partial charge in [0.25, 0.3) is 5.91 Å². The maximum Gasteiger partial charge on any atom is 0.573 e. The number of piperazine rings is 1. The van der Waals surface area contributed by atoms with E-state index in [1.54, 1.807) is 13.8 Å². The number of aromatic nitrogens is 2. The number of rotatable bonds is 4. The van der Waals surface area contributed by atoms with Gasteiger partial charge in [0.2, 0.25) is 5.95 Å². The molecule has 3 rings (SSSR count). The zero-order valence-corrected chi connectivity index (χ0v) is 16.4. The van der Waals surface area contributed by atoms with Crippen LogP contribution in [0.5, 0.6) is 5.75 Å². The van der Waals surface area contributed by atoms with Gasteiger partial charge in [-0.2, -0.15) is 0 Å². The van der Waals surface area contributed by atoms with Gasteiger partial charge in [-0.15, -0.1) is 13.2 Å². The molecule has 1 aliphatic rings. The van der Waals surface area contributed by atoms with Crippen molar-refractivity contribution in [1.82, 2.24) is 14.9 Å². The third-order valence-corrected chi connectivity index (χ3v) is 4.63. The molecule has 1 amide bonds. The normalized spacial score (nSPS) is 15.3. The van der Waals surface area contributed by atoms with Crippen molar-refractivity contribution in [3.63, 3.8) is 0 Å². The van der Waals surface area contributed by atoms with Crippen LogP contribution in [-0.2, 0) is 0 Å². The van der Waals surface area contributed by atoms with Crippen LogP contribution in [0.4, 0.5) is 24.8 Å². The molecule has 2 aromatic rings. The summed E-state index contributed by atoms with van der Waals surface area (Å²) in [5, 5.41) is 2.75. The number of carbonyl (C=O) groups excluding carboxylic acids is 1. The molecular weight excluding hydrogens is 387 g/mol. The summed E-state index contributed by atoms with van der Waals surface area (Å²) in [6, 6.07) is 4.71. The van der Waals surface area contributed by atoms with E-state index in [9.17, 15) is 18.0 Å². The number of nitrogens with zero attached hydrogens (tertiary/aromatic N) is 4. The molecule has 0 unspecified atom stereocenters. The minimum atomic E-state index is -4.78. The number of aryl methyl sites for hydroxylation is 2. The van der Waals surface area contributed by atoms with Crippen LogP contribution in [-0.4, -0.2) is 60.4 Å². The summed E-state index contributed by atoms with van der Waals surface area (Å²) < 4.78 is 40.5. The Morgan fingerprint density at radius 2 is 1.59 bits per heavy atom. The summed E-state index contributed by atoms with van der Waals surface area (Å²) in [4.78, 5) is 25.9. The highest BCUT2D eigenvalue weighted by atomic mass is 19.4. The molecule has 2 heterocycles. The largest absolute Gasteiger partial charge is 0.573 e. The Morgan fingerprint density at radius 1 is 1.03 bits per heavy atom. The van der Waals surface area contributed by atoms with Crippen LogP contribution in [0.1, 0.15) is 21.7 Å². The number of halogens is 3. The molecule has 7 nitrogen and oxygen atoms in total. The van der Waals surface area contributed by atoms with E-state index >= 15 is 0 Å². The van der Waals surface area contributed by atoms with Gasteiger partial charge < -0.3 is 19.9 Å². The second-order valence-electron chi connectivity index (χ2n) is 6.89. The summed E-state index contributed by atoms with van der Waals surface area (Å²) in [7, 11) is 2.06. The Kier molecular flexibility index (Phi) is 5.92. The van der Waals surface area contributed by atoms with Gasteiger partial charge in [0.1, 0.15) is 5.75 Å². The Bertz CT molecular complexity index is 855. The first kappa shape index (κ1) is 20.8. The van der Waals surface area contributed by atoms with Crippen molar-refractivity contribution in [3.05, 3.63) is 41.2 Å². The Balaban J connectivity index is 1.71. The second kappa shape index (κ2) is 8.24. The zero-order chi connectivity index (χ0) is 21.2. The van der Waals surface area contributed by atoms with Crippen molar-refractivity contribution in [2.45, 2.75) is 20.2 Å². The topological polar surface area (TPSA) is 70.6 Å². The minimum absolute atomic E-state index is 0.196. The predicted octanol–water partition coefficient (Wildman–Crippen LogP) is 3.00. The number of likely N-dealkylation sites (N-methyl/N-ethyl adjacent to an activating group) is 1. The van der Waals surface area contributed by atoms with E-state index in [0.717, 1.165) is 38.3 Å². The van der Waals surface area contributed by atoms with Crippen LogP contribution in [0.2, 0.25) is 0 Å². The molecule has 1 N–H and O–H groups in total. The Morgan fingerprint density at radius 3 is 2.10 bits per heavy atom. The predicted molar refractivity (Wildman–Crippen MR) is 102 cm³/mol. The smallest absolute Gasteiger partial charge is 0.406 e. The number of anilines is 2. The van der Waals surface area contributed by atoms with E-state index in [1.807, 2.05) is 0 Å². The number of hydrogen-bond donors (Lipinski definition) is 1. The number of hydrogen-bond acceptors (Lipinski definition) is 6. The van der Waals surface area contributed by atoms with Crippen molar-refractivity contribution < 1.29 is 22.7 Å². The van der Waals surface area contributed by atoms with Crippen molar-refractivity contribution in [2.24, 2.45) is 0 Å². The van der Waals surface area contributed by atoms with E-state index in [0.29, 0.717) is 23.0 Å². The lowest BCUT2D eigenvalue weighted by Gasteiger charge is -2.32. The van der Waals surface area contributed by atoms with E-state index in [2.05, 4.69) is 36.9 Å². The highest BCUT2D eigenvalue weighted by Crippen LogP contribution is 2.24. The van der Waals surface area contributed by atoms with Crippen LogP contribution in [0.25, 0.3) is 0 Å². The molecule has 10 heteroatoms. The van der Waals surface area contributed by atoms with Crippen LogP contribution in [0, 0.1) is 13.8 Å². The highest BCUT2D eigenvalue weighted by molar-refractivity contribution is 6.04. The number of alkyl halides is 3. The maximum absolute atomic E-state index is 12.5. The minimum Gasteiger partial charge on any atom is -0.406 e. The lowest BCUT2D eigenvalue weighted by atomic mass is 10.2. The molecule has 1 fully saturated rings. The molecule has 0 saturated carbocycles. The SMILES string of the molecule is Cc1nc(N2CCN(C)CC2)nc(C)c1NC(=O)c1ccc(OC(F)(F)F)cc1. The first-order valence-corrected chi connectivity index (χ1v) is 9.08. The number of benzene rings is 1. The van der Waals surface area contributed by atoms with Crippen molar-refractivity contribution in [2.75, 3.05) is 43.4 Å². The molecule has 1 aromatic carbocycles. The van der Waals surface area contributed by atoms with Crippen molar-refractivity contribution in [1.29, 1.82) is 0 Å².